The Morgan fingerprint density at radius 1 is 0.692 bits per heavy atom. The van der Waals surface area contributed by atoms with Crippen molar-refractivity contribution in [3.05, 3.63) is 101 Å². The molecule has 4 heterocycles. The lowest BCUT2D eigenvalue weighted by Crippen LogP contribution is -1.90. The number of nitrogens with zero attached hydrogens (tertiary/aromatic N) is 4. The molecule has 39 heavy (non-hydrogen) atoms. The van der Waals surface area contributed by atoms with Crippen molar-refractivity contribution in [2.24, 2.45) is 0 Å². The Kier molecular flexibility index (Phi) is 10.1. The second-order valence-corrected chi connectivity index (χ2v) is 11.6. The van der Waals surface area contributed by atoms with Crippen LogP contribution >= 0.6 is 89.9 Å². The standard InChI is InChI=1S/C13H8BrCl2N3.C8H5BrClN.C5H4Cl2N2/c1-6-4-18-13(16)19-11(6)8-5-17-12-7(8)2-3-9(14)10(12)15;9-6-2-1-5-3-4-11-8(5)7(6)10;1-3-2-8-5(7)9-4(3)6/h2-5,17H,1H3;1-4,11H;2H,1H3. The summed E-state index contributed by atoms with van der Waals surface area (Å²) in [4.78, 5) is 21.9. The molecule has 0 fully saturated rings. The molecule has 0 bridgehead atoms. The molecule has 0 spiro atoms. The van der Waals surface area contributed by atoms with E-state index in [-0.39, 0.29) is 10.6 Å². The Balaban J connectivity index is 0.000000149. The molecular weight excluding hydrogens is 733 g/mol. The van der Waals surface area contributed by atoms with E-state index in [1.807, 2.05) is 56.6 Å². The van der Waals surface area contributed by atoms with Crippen molar-refractivity contribution in [3.8, 4) is 11.3 Å². The van der Waals surface area contributed by atoms with Crippen LogP contribution in [0.1, 0.15) is 11.1 Å². The predicted molar refractivity (Wildman–Crippen MR) is 170 cm³/mol. The summed E-state index contributed by atoms with van der Waals surface area (Å²) < 4.78 is 1.78. The summed E-state index contributed by atoms with van der Waals surface area (Å²) >= 11 is 35.9. The van der Waals surface area contributed by atoms with Crippen molar-refractivity contribution >= 4 is 112 Å². The zero-order valence-corrected chi connectivity index (χ0v) is 27.1. The number of H-pyrrole nitrogens is 2. The van der Waals surface area contributed by atoms with Gasteiger partial charge in [0.15, 0.2) is 0 Å². The smallest absolute Gasteiger partial charge is 0.223 e. The topological polar surface area (TPSA) is 83.1 Å². The molecule has 6 aromatic rings. The van der Waals surface area contributed by atoms with Crippen LogP contribution in [0.15, 0.2) is 64.1 Å². The summed E-state index contributed by atoms with van der Waals surface area (Å²) in [5.41, 5.74) is 5.43. The molecule has 0 aliphatic heterocycles. The lowest BCUT2D eigenvalue weighted by molar-refractivity contribution is 1.13. The molecule has 0 atom stereocenters. The van der Waals surface area contributed by atoms with Gasteiger partial charge in [-0.05, 0) is 92.7 Å². The van der Waals surface area contributed by atoms with Gasteiger partial charge in [0.1, 0.15) is 5.15 Å². The fourth-order valence-electron chi connectivity index (χ4n) is 3.49. The SMILES string of the molecule is Cc1cnc(Cl)nc1-c1c[nH]c2c(Cl)c(Br)ccc12.Cc1cnc(Cl)nc1Cl.Clc1c(Br)ccc2cc[nH]c12. The highest BCUT2D eigenvalue weighted by atomic mass is 79.9. The Bertz CT molecular complexity index is 1790. The summed E-state index contributed by atoms with van der Waals surface area (Å²) in [5.74, 6) is 0. The average molecular weight is 751 g/mol. The maximum Gasteiger partial charge on any atom is 0.223 e. The Hall–Kier alpha value is -1.91. The van der Waals surface area contributed by atoms with E-state index in [2.05, 4.69) is 61.8 Å². The van der Waals surface area contributed by atoms with Gasteiger partial charge < -0.3 is 9.97 Å². The number of benzene rings is 2. The quantitative estimate of drug-likeness (QED) is 0.129. The zero-order valence-electron chi connectivity index (χ0n) is 20.1. The van der Waals surface area contributed by atoms with Crippen LogP contribution in [-0.4, -0.2) is 29.9 Å². The van der Waals surface area contributed by atoms with Crippen molar-refractivity contribution in [1.82, 2.24) is 29.9 Å². The molecule has 0 radical (unpaired) electrons. The molecule has 2 aromatic carbocycles. The molecule has 6 rings (SSSR count). The van der Waals surface area contributed by atoms with Gasteiger partial charge in [-0.3, -0.25) is 0 Å². The Morgan fingerprint density at radius 2 is 1.31 bits per heavy atom. The van der Waals surface area contributed by atoms with E-state index in [1.165, 1.54) is 0 Å². The largest absolute Gasteiger partial charge is 0.360 e. The third-order valence-electron chi connectivity index (χ3n) is 5.44. The first kappa shape index (κ1) is 30.1. The predicted octanol–water partition coefficient (Wildman–Crippen LogP) is 10.7. The third kappa shape index (κ3) is 7.06. The number of fused-ring (bicyclic) bond motifs is 2. The van der Waals surface area contributed by atoms with Crippen LogP contribution in [0.2, 0.25) is 25.8 Å². The van der Waals surface area contributed by atoms with Crippen molar-refractivity contribution < 1.29 is 0 Å². The second-order valence-electron chi connectivity index (χ2n) is 8.07. The monoisotopic (exact) mass is 746 g/mol. The highest BCUT2D eigenvalue weighted by Crippen LogP contribution is 2.36. The van der Waals surface area contributed by atoms with Crippen molar-refractivity contribution in [1.29, 1.82) is 0 Å². The van der Waals surface area contributed by atoms with Gasteiger partial charge in [0.05, 0.1) is 26.8 Å². The molecule has 200 valence electrons. The van der Waals surface area contributed by atoms with Gasteiger partial charge in [0.25, 0.3) is 0 Å². The Labute approximate surface area is 265 Å². The maximum atomic E-state index is 6.26. The van der Waals surface area contributed by atoms with Crippen LogP contribution in [0.25, 0.3) is 33.1 Å². The molecule has 0 unspecified atom stereocenters. The first-order valence-electron chi connectivity index (χ1n) is 11.1. The molecule has 0 saturated heterocycles. The number of halogens is 7. The van der Waals surface area contributed by atoms with Gasteiger partial charge in [0, 0.05) is 55.6 Å². The minimum Gasteiger partial charge on any atom is -0.360 e. The maximum absolute atomic E-state index is 6.26. The molecule has 13 heteroatoms. The van der Waals surface area contributed by atoms with Gasteiger partial charge in [-0.25, -0.2) is 19.9 Å². The van der Waals surface area contributed by atoms with E-state index in [0.717, 1.165) is 58.2 Å². The zero-order chi connectivity index (χ0) is 28.3. The van der Waals surface area contributed by atoms with E-state index in [4.69, 9.17) is 58.0 Å². The van der Waals surface area contributed by atoms with E-state index >= 15 is 0 Å². The van der Waals surface area contributed by atoms with Crippen LogP contribution in [0, 0.1) is 13.8 Å². The number of aromatic amines is 2. The molecule has 0 aliphatic rings. The number of hydrogen-bond acceptors (Lipinski definition) is 4. The van der Waals surface area contributed by atoms with E-state index in [1.54, 1.807) is 12.4 Å². The highest BCUT2D eigenvalue weighted by molar-refractivity contribution is 9.10. The van der Waals surface area contributed by atoms with Crippen LogP contribution in [-0.2, 0) is 0 Å². The number of aromatic nitrogens is 6. The minimum atomic E-state index is 0.186. The lowest BCUT2D eigenvalue weighted by atomic mass is 10.1. The van der Waals surface area contributed by atoms with Crippen LogP contribution in [0.5, 0.6) is 0 Å². The fraction of sp³-hybridized carbons (Fsp3) is 0.0769. The first-order valence-corrected chi connectivity index (χ1v) is 14.5. The number of aryl methyl sites for hydroxylation is 2. The number of hydrogen-bond donors (Lipinski definition) is 2. The highest BCUT2D eigenvalue weighted by Gasteiger charge is 2.14. The molecule has 2 N–H and O–H groups in total. The van der Waals surface area contributed by atoms with Crippen molar-refractivity contribution in [3.63, 3.8) is 0 Å². The van der Waals surface area contributed by atoms with Crippen LogP contribution in [0.4, 0.5) is 0 Å². The van der Waals surface area contributed by atoms with E-state index in [9.17, 15) is 0 Å². The fourth-order valence-corrected chi connectivity index (χ4v) is 5.04. The molecule has 0 aliphatic carbocycles. The van der Waals surface area contributed by atoms with Crippen LogP contribution in [0.3, 0.4) is 0 Å². The Morgan fingerprint density at radius 3 is 1.97 bits per heavy atom. The molecule has 0 amide bonds. The van der Waals surface area contributed by atoms with Gasteiger partial charge in [0.2, 0.25) is 10.6 Å². The third-order valence-corrected chi connectivity index (χ3v) is 8.75. The molecule has 4 aromatic heterocycles. The number of rotatable bonds is 1. The summed E-state index contributed by atoms with van der Waals surface area (Å²) in [6, 6.07) is 9.86. The molecular formula is C26H17Br2Cl5N6. The van der Waals surface area contributed by atoms with Crippen molar-refractivity contribution in [2.75, 3.05) is 0 Å². The summed E-state index contributed by atoms with van der Waals surface area (Å²) in [6.45, 7) is 3.77. The molecule has 0 saturated carbocycles. The number of nitrogens with one attached hydrogen (secondary N) is 2. The first-order chi connectivity index (χ1) is 18.6. The summed E-state index contributed by atoms with van der Waals surface area (Å²) in [6.07, 6.45) is 7.05. The lowest BCUT2D eigenvalue weighted by Gasteiger charge is -2.04. The van der Waals surface area contributed by atoms with Gasteiger partial charge in [-0.2, -0.15) is 0 Å². The van der Waals surface area contributed by atoms with Gasteiger partial charge in [-0.1, -0.05) is 46.9 Å². The van der Waals surface area contributed by atoms with Crippen molar-refractivity contribution in [2.45, 2.75) is 13.8 Å². The second kappa shape index (κ2) is 13.2. The van der Waals surface area contributed by atoms with Crippen LogP contribution < -0.4 is 0 Å². The summed E-state index contributed by atoms with van der Waals surface area (Å²) in [7, 11) is 0. The van der Waals surface area contributed by atoms with Gasteiger partial charge >= 0.3 is 0 Å². The minimum absolute atomic E-state index is 0.186. The van der Waals surface area contributed by atoms with E-state index in [0.29, 0.717) is 10.2 Å². The normalized spacial score (nSPS) is 10.7. The average Bonchev–Trinajstić information content (AvgIpc) is 3.57. The molecule has 6 nitrogen and oxygen atoms in total. The van der Waals surface area contributed by atoms with E-state index < -0.39 is 0 Å². The summed E-state index contributed by atoms with van der Waals surface area (Å²) in [5, 5.41) is 4.37. The van der Waals surface area contributed by atoms with Gasteiger partial charge in [-0.15, -0.1) is 0 Å².